The number of aromatic carboxylic acids is 1. The van der Waals surface area contributed by atoms with Gasteiger partial charge in [-0.1, -0.05) is 12.1 Å². The third-order valence-electron chi connectivity index (χ3n) is 3.54. The number of hydrogen-bond acceptors (Lipinski definition) is 3. The Morgan fingerprint density at radius 2 is 2.00 bits per heavy atom. The minimum absolute atomic E-state index is 0.147. The first-order valence-electron chi connectivity index (χ1n) is 6.56. The zero-order chi connectivity index (χ0) is 15.1. The lowest BCUT2D eigenvalue weighted by Crippen LogP contribution is -2.03. The summed E-state index contributed by atoms with van der Waals surface area (Å²) in [6.07, 6.45) is 1.72. The Hall–Kier alpha value is -2.82. The van der Waals surface area contributed by atoms with E-state index < -0.39 is 5.97 Å². The SMILES string of the molecule is Cc1ccn2c(C(=O)O)c(-c3ccc(C)c(N)c3)nc2c1. The van der Waals surface area contributed by atoms with Crippen molar-refractivity contribution in [3.63, 3.8) is 0 Å². The Labute approximate surface area is 121 Å². The molecule has 0 fully saturated rings. The predicted octanol–water partition coefficient (Wildman–Crippen LogP) is 2.90. The summed E-state index contributed by atoms with van der Waals surface area (Å²) in [6, 6.07) is 9.18. The molecule has 3 aromatic rings. The highest BCUT2D eigenvalue weighted by Crippen LogP contribution is 2.27. The molecule has 0 spiro atoms. The molecule has 0 atom stereocenters. The van der Waals surface area contributed by atoms with Crippen LogP contribution in [0.25, 0.3) is 16.9 Å². The van der Waals surface area contributed by atoms with Gasteiger partial charge < -0.3 is 10.8 Å². The van der Waals surface area contributed by atoms with Crippen LogP contribution in [0, 0.1) is 13.8 Å². The molecule has 3 N–H and O–H groups in total. The van der Waals surface area contributed by atoms with E-state index in [0.717, 1.165) is 11.1 Å². The molecule has 21 heavy (non-hydrogen) atoms. The first-order valence-corrected chi connectivity index (χ1v) is 6.56. The summed E-state index contributed by atoms with van der Waals surface area (Å²) in [4.78, 5) is 16.1. The third-order valence-corrected chi connectivity index (χ3v) is 3.54. The molecular weight excluding hydrogens is 266 g/mol. The number of pyridine rings is 1. The molecule has 0 unspecified atom stereocenters. The quantitative estimate of drug-likeness (QED) is 0.708. The van der Waals surface area contributed by atoms with Gasteiger partial charge in [-0.05, 0) is 43.2 Å². The highest BCUT2D eigenvalue weighted by molar-refractivity contribution is 5.95. The lowest BCUT2D eigenvalue weighted by atomic mass is 10.1. The van der Waals surface area contributed by atoms with Crippen LogP contribution in [-0.4, -0.2) is 20.5 Å². The fourth-order valence-corrected chi connectivity index (χ4v) is 2.34. The molecule has 0 saturated heterocycles. The number of nitrogen functional groups attached to an aromatic ring is 1. The predicted molar refractivity (Wildman–Crippen MR) is 81.5 cm³/mol. The van der Waals surface area contributed by atoms with E-state index in [1.807, 2.05) is 38.1 Å². The molecular formula is C16H15N3O2. The summed E-state index contributed by atoms with van der Waals surface area (Å²) in [5.41, 5.74) is 10.4. The number of nitrogens with two attached hydrogens (primary N) is 1. The fraction of sp³-hybridized carbons (Fsp3) is 0.125. The van der Waals surface area contributed by atoms with E-state index in [1.165, 1.54) is 0 Å². The van der Waals surface area contributed by atoms with Crippen molar-refractivity contribution in [3.8, 4) is 11.3 Å². The van der Waals surface area contributed by atoms with Crippen LogP contribution in [0.1, 0.15) is 21.6 Å². The number of rotatable bonds is 2. The van der Waals surface area contributed by atoms with Crippen LogP contribution >= 0.6 is 0 Å². The summed E-state index contributed by atoms with van der Waals surface area (Å²) in [5.74, 6) is -1.01. The zero-order valence-electron chi connectivity index (χ0n) is 11.8. The minimum Gasteiger partial charge on any atom is -0.476 e. The maximum absolute atomic E-state index is 11.6. The highest BCUT2D eigenvalue weighted by Gasteiger charge is 2.20. The second-order valence-electron chi connectivity index (χ2n) is 5.12. The normalized spacial score (nSPS) is 11.0. The number of aromatic nitrogens is 2. The van der Waals surface area contributed by atoms with Gasteiger partial charge in [0.25, 0.3) is 0 Å². The van der Waals surface area contributed by atoms with E-state index in [2.05, 4.69) is 4.98 Å². The van der Waals surface area contributed by atoms with Gasteiger partial charge in [0.2, 0.25) is 0 Å². The van der Waals surface area contributed by atoms with Gasteiger partial charge in [0.1, 0.15) is 11.3 Å². The molecule has 0 aliphatic heterocycles. The van der Waals surface area contributed by atoms with Crippen molar-refractivity contribution >= 4 is 17.3 Å². The average molecular weight is 281 g/mol. The van der Waals surface area contributed by atoms with Gasteiger partial charge in [-0.15, -0.1) is 0 Å². The van der Waals surface area contributed by atoms with Gasteiger partial charge in [0.15, 0.2) is 5.69 Å². The number of carboxylic acid groups (broad SMARTS) is 1. The van der Waals surface area contributed by atoms with Crippen LogP contribution in [0.15, 0.2) is 36.5 Å². The summed E-state index contributed by atoms with van der Waals surface area (Å²) in [7, 11) is 0. The van der Waals surface area contributed by atoms with Crippen LogP contribution in [0.3, 0.4) is 0 Å². The smallest absolute Gasteiger partial charge is 0.355 e. The van der Waals surface area contributed by atoms with Crippen LogP contribution in [-0.2, 0) is 0 Å². The highest BCUT2D eigenvalue weighted by atomic mass is 16.4. The van der Waals surface area contributed by atoms with Gasteiger partial charge in [0, 0.05) is 17.4 Å². The number of imidazole rings is 1. The number of nitrogens with zero attached hydrogens (tertiary/aromatic N) is 2. The number of anilines is 1. The van der Waals surface area contributed by atoms with E-state index in [0.29, 0.717) is 22.6 Å². The first kappa shape index (κ1) is 13.2. The third kappa shape index (κ3) is 2.12. The molecule has 0 aliphatic carbocycles. The number of aryl methyl sites for hydroxylation is 2. The molecule has 0 aliphatic rings. The molecule has 0 amide bonds. The monoisotopic (exact) mass is 281 g/mol. The second-order valence-corrected chi connectivity index (χ2v) is 5.12. The molecule has 0 saturated carbocycles. The van der Waals surface area contributed by atoms with E-state index in [9.17, 15) is 9.90 Å². The molecule has 2 heterocycles. The standard InChI is InChI=1S/C16H15N3O2/c1-9-5-6-19-13(7-9)18-14(15(19)16(20)21)11-4-3-10(2)12(17)8-11/h3-8H,17H2,1-2H3,(H,20,21). The van der Waals surface area contributed by atoms with Crippen molar-refractivity contribution in [1.82, 2.24) is 9.38 Å². The van der Waals surface area contributed by atoms with E-state index in [-0.39, 0.29) is 5.69 Å². The number of hydrogen-bond donors (Lipinski definition) is 2. The molecule has 5 heteroatoms. The van der Waals surface area contributed by atoms with Gasteiger partial charge in [0.05, 0.1) is 0 Å². The lowest BCUT2D eigenvalue weighted by molar-refractivity contribution is 0.0690. The maximum Gasteiger partial charge on any atom is 0.355 e. The van der Waals surface area contributed by atoms with E-state index in [4.69, 9.17) is 5.73 Å². The topological polar surface area (TPSA) is 80.6 Å². The average Bonchev–Trinajstić information content (AvgIpc) is 2.80. The Morgan fingerprint density at radius 1 is 1.24 bits per heavy atom. The van der Waals surface area contributed by atoms with Crippen molar-refractivity contribution < 1.29 is 9.90 Å². The Kier molecular flexibility index (Phi) is 2.90. The maximum atomic E-state index is 11.6. The summed E-state index contributed by atoms with van der Waals surface area (Å²) in [5, 5.41) is 9.51. The largest absolute Gasteiger partial charge is 0.476 e. The van der Waals surface area contributed by atoms with Gasteiger partial charge in [-0.2, -0.15) is 0 Å². The first-order chi connectivity index (χ1) is 9.97. The molecule has 3 rings (SSSR count). The Morgan fingerprint density at radius 3 is 2.67 bits per heavy atom. The van der Waals surface area contributed by atoms with Gasteiger partial charge in [-0.25, -0.2) is 9.78 Å². The molecule has 1 aromatic carbocycles. The molecule has 0 radical (unpaired) electrons. The van der Waals surface area contributed by atoms with Crippen LogP contribution < -0.4 is 5.73 Å². The number of fused-ring (bicyclic) bond motifs is 1. The van der Waals surface area contributed by atoms with E-state index >= 15 is 0 Å². The van der Waals surface area contributed by atoms with Crippen LogP contribution in [0.4, 0.5) is 5.69 Å². The Balaban J connectivity index is 2.33. The van der Waals surface area contributed by atoms with Crippen LogP contribution in [0.5, 0.6) is 0 Å². The molecule has 5 nitrogen and oxygen atoms in total. The zero-order valence-corrected chi connectivity index (χ0v) is 11.8. The number of carboxylic acids is 1. The van der Waals surface area contributed by atoms with E-state index in [1.54, 1.807) is 16.7 Å². The molecule has 0 bridgehead atoms. The van der Waals surface area contributed by atoms with Crippen molar-refractivity contribution in [3.05, 3.63) is 53.3 Å². The van der Waals surface area contributed by atoms with Gasteiger partial charge in [-0.3, -0.25) is 4.40 Å². The van der Waals surface area contributed by atoms with Crippen molar-refractivity contribution in [2.24, 2.45) is 0 Å². The lowest BCUT2D eigenvalue weighted by Gasteiger charge is -2.04. The minimum atomic E-state index is -1.01. The van der Waals surface area contributed by atoms with Crippen molar-refractivity contribution in [1.29, 1.82) is 0 Å². The van der Waals surface area contributed by atoms with Crippen LogP contribution in [0.2, 0.25) is 0 Å². The molecule has 106 valence electrons. The summed E-state index contributed by atoms with van der Waals surface area (Å²) in [6.45, 7) is 3.85. The fourth-order valence-electron chi connectivity index (χ4n) is 2.34. The summed E-state index contributed by atoms with van der Waals surface area (Å²) < 4.78 is 1.58. The Bertz CT molecular complexity index is 865. The number of carbonyl (C=O) groups is 1. The van der Waals surface area contributed by atoms with Gasteiger partial charge >= 0.3 is 5.97 Å². The van der Waals surface area contributed by atoms with Crippen molar-refractivity contribution in [2.45, 2.75) is 13.8 Å². The van der Waals surface area contributed by atoms with Crippen molar-refractivity contribution in [2.75, 3.05) is 5.73 Å². The summed E-state index contributed by atoms with van der Waals surface area (Å²) >= 11 is 0. The second kappa shape index (κ2) is 4.63. The molecule has 2 aromatic heterocycles. The number of benzene rings is 1.